The summed E-state index contributed by atoms with van der Waals surface area (Å²) in [6.07, 6.45) is 6.02. The van der Waals surface area contributed by atoms with E-state index < -0.39 is 0 Å². The van der Waals surface area contributed by atoms with Gasteiger partial charge in [-0.25, -0.2) is 0 Å². The van der Waals surface area contributed by atoms with Crippen LogP contribution in [0.1, 0.15) is 208 Å². The Hall–Kier alpha value is -1.69. The van der Waals surface area contributed by atoms with Crippen LogP contribution in [0.4, 0.5) is 0 Å². The molecule has 0 bridgehead atoms. The van der Waals surface area contributed by atoms with Gasteiger partial charge in [-0.2, -0.15) is 0 Å². The summed E-state index contributed by atoms with van der Waals surface area (Å²) in [7, 11) is 0. The van der Waals surface area contributed by atoms with Crippen LogP contribution in [0.3, 0.4) is 0 Å². The third kappa shape index (κ3) is 25.8. The standard InChI is InChI=1S/C28H34.C19H24.10CH4.2Y/c1-5-24(26-9-7-6-8-10-26)20-28(27-17-13-22(3)14-18-27)19-23(4)25-15-11-21(2)12-16-25;1-4-17(19-8-6-5-7-9-19)14-16(3)18-12-10-15(2)11-13-18;;;;;;;;;;;;/h6-18,23-24,28H,5,19-20H2,1-4H3;5-13,16-17H,4,14H2,1-3H3;10*1H4;;. The minimum atomic E-state index is 0. The summed E-state index contributed by atoms with van der Waals surface area (Å²) in [5.41, 5.74) is 11.4. The number of aryl methyl sites for hydroxylation is 3. The summed E-state index contributed by atoms with van der Waals surface area (Å²) < 4.78 is 0. The van der Waals surface area contributed by atoms with Gasteiger partial charge in [0.1, 0.15) is 0 Å². The van der Waals surface area contributed by atoms with Gasteiger partial charge in [-0.1, -0.05) is 252 Å². The quantitative estimate of drug-likeness (QED) is 0.110. The van der Waals surface area contributed by atoms with E-state index in [2.05, 4.69) is 182 Å². The van der Waals surface area contributed by atoms with Crippen molar-refractivity contribution in [2.45, 2.75) is 184 Å². The van der Waals surface area contributed by atoms with E-state index in [0.29, 0.717) is 29.6 Å². The van der Waals surface area contributed by atoms with Crippen LogP contribution in [0.5, 0.6) is 0 Å². The summed E-state index contributed by atoms with van der Waals surface area (Å²) in [4.78, 5) is 0. The van der Waals surface area contributed by atoms with Crippen molar-refractivity contribution in [2.24, 2.45) is 0 Å². The molecule has 59 heavy (non-hydrogen) atoms. The molecule has 5 rings (SSSR count). The minimum Gasteiger partial charge on any atom is -0.0776 e. The number of hydrogen-bond donors (Lipinski definition) is 0. The molecular formula is C57H98Y2. The van der Waals surface area contributed by atoms with Gasteiger partial charge in [0.2, 0.25) is 0 Å². The van der Waals surface area contributed by atoms with Crippen LogP contribution in [-0.4, -0.2) is 0 Å². The van der Waals surface area contributed by atoms with Gasteiger partial charge in [0.05, 0.1) is 0 Å². The maximum Gasteiger partial charge on any atom is 0 e. The van der Waals surface area contributed by atoms with Gasteiger partial charge in [-0.3, -0.25) is 0 Å². The molecule has 0 saturated carbocycles. The van der Waals surface area contributed by atoms with Gasteiger partial charge in [-0.15, -0.1) is 0 Å². The van der Waals surface area contributed by atoms with Crippen LogP contribution in [0, 0.1) is 20.8 Å². The number of hydrogen-bond acceptors (Lipinski definition) is 0. The molecule has 0 heterocycles. The fourth-order valence-electron chi connectivity index (χ4n) is 6.99. The molecule has 0 aliphatic heterocycles. The molecule has 0 aliphatic carbocycles. The monoisotopic (exact) mass is 961 g/mol. The molecule has 0 fully saturated rings. The summed E-state index contributed by atoms with van der Waals surface area (Å²) in [6, 6.07) is 49.3. The van der Waals surface area contributed by atoms with Crippen LogP contribution in [0.2, 0.25) is 0 Å². The van der Waals surface area contributed by atoms with Crippen LogP contribution < -0.4 is 0 Å². The number of rotatable bonds is 13. The minimum absolute atomic E-state index is 0. The molecule has 0 saturated heterocycles. The second-order valence-electron chi connectivity index (χ2n) is 14.0. The summed E-state index contributed by atoms with van der Waals surface area (Å²) in [5.74, 6) is 3.02. The smallest absolute Gasteiger partial charge is 0 e. The topological polar surface area (TPSA) is 0 Å². The predicted molar refractivity (Wildman–Crippen MR) is 273 cm³/mol. The Morgan fingerprint density at radius 3 is 0.831 bits per heavy atom. The summed E-state index contributed by atoms with van der Waals surface area (Å²) in [5, 5.41) is 0. The second kappa shape index (κ2) is 41.6. The van der Waals surface area contributed by atoms with Crippen molar-refractivity contribution < 1.29 is 65.4 Å². The van der Waals surface area contributed by atoms with Crippen LogP contribution in [0.25, 0.3) is 0 Å². The third-order valence-corrected chi connectivity index (χ3v) is 10.2. The van der Waals surface area contributed by atoms with E-state index in [4.69, 9.17) is 0 Å². The average Bonchev–Trinajstić information content (AvgIpc) is 3.11. The Morgan fingerprint density at radius 2 is 0.542 bits per heavy atom. The van der Waals surface area contributed by atoms with Crippen molar-refractivity contribution in [1.82, 2.24) is 0 Å². The van der Waals surface area contributed by atoms with E-state index in [1.165, 1.54) is 76.6 Å². The van der Waals surface area contributed by atoms with Crippen molar-refractivity contribution in [1.29, 1.82) is 0 Å². The number of benzene rings is 5. The average molecular weight is 961 g/mol. The third-order valence-electron chi connectivity index (χ3n) is 10.2. The Bertz CT molecular complexity index is 1560. The van der Waals surface area contributed by atoms with E-state index in [0.717, 1.165) is 0 Å². The van der Waals surface area contributed by atoms with Gasteiger partial charge >= 0.3 is 0 Å². The molecule has 0 nitrogen and oxygen atoms in total. The Labute approximate surface area is 423 Å². The molecule has 332 valence electrons. The fourth-order valence-corrected chi connectivity index (χ4v) is 6.99. The fraction of sp³-hybridized carbons (Fsp3) is 0.474. The van der Waals surface area contributed by atoms with Gasteiger partial charge < -0.3 is 0 Å². The molecule has 5 atom stereocenters. The zero-order valence-electron chi connectivity index (χ0n) is 31.3. The molecule has 0 N–H and O–H groups in total. The van der Waals surface area contributed by atoms with Crippen molar-refractivity contribution >= 4 is 0 Å². The molecule has 0 spiro atoms. The largest absolute Gasteiger partial charge is 0.0776 e. The van der Waals surface area contributed by atoms with Gasteiger partial charge in [-0.05, 0) is 110 Å². The zero-order chi connectivity index (χ0) is 33.6. The van der Waals surface area contributed by atoms with Crippen molar-refractivity contribution in [3.05, 3.63) is 178 Å². The van der Waals surface area contributed by atoms with E-state index >= 15 is 0 Å². The first-order valence-electron chi connectivity index (χ1n) is 18.1. The molecule has 0 aromatic heterocycles. The van der Waals surface area contributed by atoms with E-state index in [-0.39, 0.29) is 140 Å². The molecule has 0 amide bonds. The van der Waals surface area contributed by atoms with Crippen LogP contribution in [-0.2, 0) is 65.4 Å². The SMILES string of the molecule is C.C.C.C.C.C.C.C.C.C.CCC(CC(C)c1ccc(C)cc1)c1ccccc1.CCC(CC(CC(C)c1ccc(C)cc1)c1ccc(C)cc1)c1ccccc1.[Y].[Y]. The van der Waals surface area contributed by atoms with E-state index in [1.54, 1.807) is 0 Å². The van der Waals surface area contributed by atoms with Crippen molar-refractivity contribution in [3.63, 3.8) is 0 Å². The molecule has 5 unspecified atom stereocenters. The second-order valence-corrected chi connectivity index (χ2v) is 14.0. The Morgan fingerprint density at radius 1 is 0.305 bits per heavy atom. The molecule has 5 aromatic rings. The summed E-state index contributed by atoms with van der Waals surface area (Å²) >= 11 is 0. The molecule has 2 radical (unpaired) electrons. The maximum absolute atomic E-state index is 2.38. The molecule has 2 heteroatoms. The Balaban J connectivity index is -0.000000105. The zero-order valence-corrected chi connectivity index (χ0v) is 37.0. The normalized spacial score (nSPS) is 11.4. The first-order chi connectivity index (χ1) is 22.8. The van der Waals surface area contributed by atoms with Crippen LogP contribution in [0.15, 0.2) is 133 Å². The molecular weight excluding hydrogens is 862 g/mol. The molecule has 5 aromatic carbocycles. The van der Waals surface area contributed by atoms with Gasteiger partial charge in [0.15, 0.2) is 0 Å². The van der Waals surface area contributed by atoms with Gasteiger partial charge in [0.25, 0.3) is 0 Å². The van der Waals surface area contributed by atoms with E-state index in [1.807, 2.05) is 0 Å². The molecule has 0 aliphatic rings. The van der Waals surface area contributed by atoms with E-state index in [9.17, 15) is 0 Å². The van der Waals surface area contributed by atoms with Crippen LogP contribution >= 0.6 is 0 Å². The predicted octanol–water partition coefficient (Wildman–Crippen LogP) is 20.2. The summed E-state index contributed by atoms with van der Waals surface area (Å²) in [6.45, 7) is 15.8. The van der Waals surface area contributed by atoms with Gasteiger partial charge in [0, 0.05) is 65.4 Å². The van der Waals surface area contributed by atoms with Crippen molar-refractivity contribution in [3.8, 4) is 0 Å². The van der Waals surface area contributed by atoms with Crippen molar-refractivity contribution in [2.75, 3.05) is 0 Å². The first kappa shape index (κ1) is 77.9. The Kier molecular flexibility index (Phi) is 55.0. The first-order valence-corrected chi connectivity index (χ1v) is 18.1. The maximum atomic E-state index is 2.38.